The van der Waals surface area contributed by atoms with Crippen molar-refractivity contribution in [2.24, 2.45) is 0 Å². The lowest BCUT2D eigenvalue weighted by Crippen LogP contribution is -2.55. The number of sulfonamides is 1. The van der Waals surface area contributed by atoms with Gasteiger partial charge in [-0.1, -0.05) is 97.6 Å². The molecule has 0 aliphatic heterocycles. The number of hydrogen-bond donors (Lipinski definition) is 1. The van der Waals surface area contributed by atoms with Crippen LogP contribution in [0.25, 0.3) is 0 Å². The van der Waals surface area contributed by atoms with Crippen molar-refractivity contribution in [2.75, 3.05) is 17.1 Å². The zero-order valence-electron chi connectivity index (χ0n) is 24.3. The van der Waals surface area contributed by atoms with Crippen LogP contribution in [0, 0.1) is 13.8 Å². The lowest BCUT2D eigenvalue weighted by molar-refractivity contribution is -0.140. The van der Waals surface area contributed by atoms with E-state index in [1.165, 1.54) is 0 Å². The molecule has 0 radical (unpaired) electrons. The summed E-state index contributed by atoms with van der Waals surface area (Å²) in [5.41, 5.74) is 4.00. The van der Waals surface area contributed by atoms with E-state index >= 15 is 0 Å². The lowest BCUT2D eigenvalue weighted by Gasteiger charge is -2.35. The highest BCUT2D eigenvalue weighted by Crippen LogP contribution is 2.25. The molecule has 1 aliphatic carbocycles. The molecule has 0 saturated heterocycles. The number of amides is 2. The maximum Gasteiger partial charge on any atom is 0.244 e. The SMILES string of the molecule is Cc1ccc(N(CC(=O)N(Cc2ccccc2)[C@H](Cc2ccccc2)C(=O)NC2CCCCC2)S(C)(=O)=O)c(C)c1. The summed E-state index contributed by atoms with van der Waals surface area (Å²) in [6.45, 7) is 3.55. The summed E-state index contributed by atoms with van der Waals surface area (Å²) >= 11 is 0. The number of carbonyl (C=O) groups is 2. The first-order chi connectivity index (χ1) is 19.6. The molecule has 1 atom stereocenters. The zero-order valence-corrected chi connectivity index (χ0v) is 25.1. The maximum atomic E-state index is 14.2. The van der Waals surface area contributed by atoms with Crippen molar-refractivity contribution in [2.45, 2.75) is 71.0 Å². The van der Waals surface area contributed by atoms with Crippen LogP contribution in [0.3, 0.4) is 0 Å². The smallest absolute Gasteiger partial charge is 0.244 e. The second-order valence-corrected chi connectivity index (χ2v) is 13.0. The Labute approximate surface area is 244 Å². The largest absolute Gasteiger partial charge is 0.352 e. The average molecular weight is 576 g/mol. The first-order valence-corrected chi connectivity index (χ1v) is 16.2. The number of benzene rings is 3. The normalized spacial score (nSPS) is 14.7. The number of nitrogens with zero attached hydrogens (tertiary/aromatic N) is 2. The van der Waals surface area contributed by atoms with Crippen LogP contribution in [0.5, 0.6) is 0 Å². The topological polar surface area (TPSA) is 86.8 Å². The molecule has 0 aromatic heterocycles. The molecule has 1 saturated carbocycles. The van der Waals surface area contributed by atoms with E-state index in [-0.39, 0.29) is 18.5 Å². The minimum atomic E-state index is -3.80. The van der Waals surface area contributed by atoms with Gasteiger partial charge in [0.05, 0.1) is 11.9 Å². The van der Waals surface area contributed by atoms with Crippen LogP contribution >= 0.6 is 0 Å². The highest BCUT2D eigenvalue weighted by atomic mass is 32.2. The molecule has 4 rings (SSSR count). The predicted molar refractivity (Wildman–Crippen MR) is 164 cm³/mol. The van der Waals surface area contributed by atoms with E-state index < -0.39 is 28.5 Å². The number of anilines is 1. The van der Waals surface area contributed by atoms with Gasteiger partial charge in [0.15, 0.2) is 0 Å². The van der Waals surface area contributed by atoms with Crippen molar-refractivity contribution in [1.29, 1.82) is 0 Å². The number of hydrogen-bond acceptors (Lipinski definition) is 4. The second kappa shape index (κ2) is 13.8. The summed E-state index contributed by atoms with van der Waals surface area (Å²) < 4.78 is 27.2. The number of rotatable bonds is 11. The fraction of sp³-hybridized carbons (Fsp3) is 0.394. The van der Waals surface area contributed by atoms with Crippen LogP contribution in [0.15, 0.2) is 78.9 Å². The Morgan fingerprint density at radius 3 is 2.07 bits per heavy atom. The fourth-order valence-corrected chi connectivity index (χ4v) is 6.47. The molecule has 0 spiro atoms. The van der Waals surface area contributed by atoms with Crippen molar-refractivity contribution >= 4 is 27.5 Å². The van der Waals surface area contributed by atoms with Gasteiger partial charge in [0, 0.05) is 19.0 Å². The second-order valence-electron chi connectivity index (χ2n) is 11.1. The van der Waals surface area contributed by atoms with Gasteiger partial charge in [0.25, 0.3) is 0 Å². The van der Waals surface area contributed by atoms with Gasteiger partial charge in [0.1, 0.15) is 12.6 Å². The van der Waals surface area contributed by atoms with Crippen molar-refractivity contribution in [1.82, 2.24) is 10.2 Å². The molecule has 2 amide bonds. The number of aryl methyl sites for hydroxylation is 2. The zero-order chi connectivity index (χ0) is 29.4. The van der Waals surface area contributed by atoms with E-state index in [4.69, 9.17) is 0 Å². The number of carbonyl (C=O) groups excluding carboxylic acids is 2. The van der Waals surface area contributed by atoms with E-state index in [1.54, 1.807) is 11.0 Å². The monoisotopic (exact) mass is 575 g/mol. The van der Waals surface area contributed by atoms with E-state index in [9.17, 15) is 18.0 Å². The Balaban J connectivity index is 1.72. The van der Waals surface area contributed by atoms with Crippen LogP contribution < -0.4 is 9.62 Å². The molecule has 218 valence electrons. The van der Waals surface area contributed by atoms with Gasteiger partial charge in [-0.15, -0.1) is 0 Å². The summed E-state index contributed by atoms with van der Waals surface area (Å²) in [4.78, 5) is 29.7. The predicted octanol–water partition coefficient (Wildman–Crippen LogP) is 5.16. The molecule has 3 aromatic rings. The highest BCUT2D eigenvalue weighted by Gasteiger charge is 2.34. The summed E-state index contributed by atoms with van der Waals surface area (Å²) in [6, 6.07) is 23.9. The lowest BCUT2D eigenvalue weighted by atomic mass is 9.94. The molecule has 0 bridgehead atoms. The average Bonchev–Trinajstić information content (AvgIpc) is 2.95. The standard InChI is InChI=1S/C33H41N3O4S/c1-25-19-20-30(26(2)21-25)36(41(3,39)40)24-32(37)35(23-28-15-9-5-10-16-28)31(22-27-13-7-4-8-14-27)33(38)34-29-17-11-6-12-18-29/h4-5,7-10,13-16,19-21,29,31H,6,11-12,17-18,22-24H2,1-3H3,(H,34,38)/t31-/m1/s1. The minimum absolute atomic E-state index is 0.0749. The maximum absolute atomic E-state index is 14.2. The van der Waals surface area contributed by atoms with E-state index in [0.29, 0.717) is 12.1 Å². The van der Waals surface area contributed by atoms with Gasteiger partial charge in [0.2, 0.25) is 21.8 Å². The van der Waals surface area contributed by atoms with Gasteiger partial charge in [-0.25, -0.2) is 8.42 Å². The van der Waals surface area contributed by atoms with Gasteiger partial charge >= 0.3 is 0 Å². The van der Waals surface area contributed by atoms with Crippen LogP contribution in [-0.4, -0.2) is 50.0 Å². The van der Waals surface area contributed by atoms with Crippen molar-refractivity contribution < 1.29 is 18.0 Å². The summed E-state index contributed by atoms with van der Waals surface area (Å²) in [5.74, 6) is -0.638. The quantitative estimate of drug-likeness (QED) is 0.342. The van der Waals surface area contributed by atoms with Crippen LogP contribution in [0.2, 0.25) is 0 Å². The first-order valence-electron chi connectivity index (χ1n) is 14.3. The Morgan fingerprint density at radius 1 is 0.878 bits per heavy atom. The van der Waals surface area contributed by atoms with E-state index in [1.807, 2.05) is 86.6 Å². The molecule has 8 heteroatoms. The molecule has 7 nitrogen and oxygen atoms in total. The van der Waals surface area contributed by atoms with Crippen LogP contribution in [-0.2, 0) is 32.6 Å². The summed E-state index contributed by atoms with van der Waals surface area (Å²) in [5, 5.41) is 3.23. The molecule has 1 N–H and O–H groups in total. The molecule has 0 unspecified atom stereocenters. The van der Waals surface area contributed by atoms with E-state index in [2.05, 4.69) is 5.32 Å². The Hall–Kier alpha value is -3.65. The molecule has 1 aliphatic rings. The van der Waals surface area contributed by atoms with Gasteiger partial charge in [-0.3, -0.25) is 13.9 Å². The molecular weight excluding hydrogens is 534 g/mol. The molecule has 1 fully saturated rings. The minimum Gasteiger partial charge on any atom is -0.352 e. The molecule has 0 heterocycles. The van der Waals surface area contributed by atoms with Gasteiger partial charge in [-0.2, -0.15) is 0 Å². The van der Waals surface area contributed by atoms with Crippen LogP contribution in [0.4, 0.5) is 5.69 Å². The summed E-state index contributed by atoms with van der Waals surface area (Å²) in [6.07, 6.45) is 6.58. The summed E-state index contributed by atoms with van der Waals surface area (Å²) in [7, 11) is -3.80. The third-order valence-corrected chi connectivity index (χ3v) is 8.85. The van der Waals surface area contributed by atoms with Crippen molar-refractivity contribution in [3.05, 3.63) is 101 Å². The molecule has 3 aromatic carbocycles. The molecular formula is C33H41N3O4S. The Kier molecular flexibility index (Phi) is 10.2. The van der Waals surface area contributed by atoms with E-state index in [0.717, 1.165) is 64.9 Å². The third kappa shape index (κ3) is 8.43. The molecule has 41 heavy (non-hydrogen) atoms. The van der Waals surface area contributed by atoms with Crippen molar-refractivity contribution in [3.63, 3.8) is 0 Å². The number of nitrogens with one attached hydrogen (secondary N) is 1. The Morgan fingerprint density at radius 2 is 1.49 bits per heavy atom. The Bertz CT molecular complexity index is 1420. The fourth-order valence-electron chi connectivity index (χ4n) is 5.56. The highest BCUT2D eigenvalue weighted by molar-refractivity contribution is 7.92. The first kappa shape index (κ1) is 30.3. The van der Waals surface area contributed by atoms with Gasteiger partial charge in [-0.05, 0) is 49.4 Å². The van der Waals surface area contributed by atoms with Crippen molar-refractivity contribution in [3.8, 4) is 0 Å². The third-order valence-electron chi connectivity index (χ3n) is 7.72. The van der Waals surface area contributed by atoms with Gasteiger partial charge < -0.3 is 10.2 Å². The van der Waals surface area contributed by atoms with Crippen LogP contribution in [0.1, 0.15) is 54.4 Å².